The number of rotatable bonds is 12. The summed E-state index contributed by atoms with van der Waals surface area (Å²) in [5.74, 6) is -4.30. The molecule has 8 N–H and O–H groups in total. The Morgan fingerprint density at radius 3 is 0.596 bits per heavy atom. The van der Waals surface area contributed by atoms with Crippen LogP contribution in [0.5, 0.6) is 46.0 Å². The molecule has 0 aliphatic heterocycles. The van der Waals surface area contributed by atoms with Crippen LogP contribution in [0.1, 0.15) is 120 Å². The largest absolute Gasteiger partial charge is 0.508 e. The molecule has 0 spiro atoms. The lowest BCUT2D eigenvalue weighted by atomic mass is 9.76. The molecule has 272 valence electrons. The molecule has 1 aliphatic carbocycles. The molecule has 52 heavy (non-hydrogen) atoms. The Bertz CT molecular complexity index is 1610. The van der Waals surface area contributed by atoms with Gasteiger partial charge in [0.1, 0.15) is 46.0 Å². The van der Waals surface area contributed by atoms with Crippen LogP contribution < -0.4 is 0 Å². The van der Waals surface area contributed by atoms with E-state index in [2.05, 4.69) is 26.3 Å². The third kappa shape index (κ3) is 7.33. The van der Waals surface area contributed by atoms with Crippen molar-refractivity contribution in [2.24, 2.45) is 0 Å². The molecule has 8 nitrogen and oxygen atoms in total. The van der Waals surface area contributed by atoms with E-state index >= 15 is 0 Å². The van der Waals surface area contributed by atoms with Crippen LogP contribution in [0.4, 0.5) is 0 Å². The van der Waals surface area contributed by atoms with Crippen LogP contribution in [0.2, 0.25) is 0 Å². The van der Waals surface area contributed by atoms with Gasteiger partial charge in [-0.3, -0.25) is 0 Å². The first-order valence-electron chi connectivity index (χ1n) is 17.6. The van der Waals surface area contributed by atoms with Crippen molar-refractivity contribution in [3.63, 3.8) is 0 Å². The summed E-state index contributed by atoms with van der Waals surface area (Å²) in [4.78, 5) is 0. The smallest absolute Gasteiger partial charge is 0.123 e. The van der Waals surface area contributed by atoms with Crippen molar-refractivity contribution in [3.05, 3.63) is 144 Å². The van der Waals surface area contributed by atoms with Crippen molar-refractivity contribution < 1.29 is 40.9 Å². The van der Waals surface area contributed by atoms with E-state index in [-0.39, 0.29) is 46.0 Å². The molecule has 0 aromatic heterocycles. The lowest BCUT2D eigenvalue weighted by Crippen LogP contribution is -2.11. The second-order valence-electron chi connectivity index (χ2n) is 13.6. The van der Waals surface area contributed by atoms with Crippen molar-refractivity contribution in [1.82, 2.24) is 0 Å². The molecule has 0 heterocycles. The Labute approximate surface area is 304 Å². The van der Waals surface area contributed by atoms with Crippen LogP contribution in [0.15, 0.2) is 99.2 Å². The van der Waals surface area contributed by atoms with Gasteiger partial charge in [-0.1, -0.05) is 24.3 Å². The van der Waals surface area contributed by atoms with Crippen LogP contribution in [-0.2, 0) is 0 Å². The Morgan fingerprint density at radius 2 is 0.462 bits per heavy atom. The SMILES string of the molecule is C=CCCC1c2cc(c(O)cc2O)C(CCC=C)c2cc(c(O)cc2O)C(CCC=C)c2cc(c(O)cc2O)C(CCC=C)c2cc1c(O)cc2O. The van der Waals surface area contributed by atoms with E-state index in [4.69, 9.17) is 0 Å². The van der Waals surface area contributed by atoms with Gasteiger partial charge in [0.2, 0.25) is 0 Å². The molecule has 0 amide bonds. The molecular weight excluding hydrogens is 656 g/mol. The zero-order chi connectivity index (χ0) is 37.7. The minimum absolute atomic E-state index is 0.211. The average molecular weight is 705 g/mol. The Kier molecular flexibility index (Phi) is 11.6. The van der Waals surface area contributed by atoms with Crippen molar-refractivity contribution in [1.29, 1.82) is 0 Å². The van der Waals surface area contributed by atoms with Gasteiger partial charge in [-0.25, -0.2) is 0 Å². The third-order valence-corrected chi connectivity index (χ3v) is 10.3. The van der Waals surface area contributed by atoms with E-state index in [1.54, 1.807) is 48.6 Å². The van der Waals surface area contributed by atoms with E-state index in [9.17, 15) is 40.9 Å². The highest BCUT2D eigenvalue weighted by Gasteiger charge is 2.32. The quantitative estimate of drug-likeness (QED) is 0.0676. The minimum atomic E-state index is -0.652. The first kappa shape index (κ1) is 37.5. The van der Waals surface area contributed by atoms with E-state index < -0.39 is 23.7 Å². The van der Waals surface area contributed by atoms with E-state index in [1.165, 1.54) is 24.3 Å². The predicted octanol–water partition coefficient (Wildman–Crippen LogP) is 10.0. The Hall–Kier alpha value is -5.76. The van der Waals surface area contributed by atoms with Crippen LogP contribution in [0.25, 0.3) is 0 Å². The maximum absolute atomic E-state index is 11.4. The first-order valence-corrected chi connectivity index (χ1v) is 17.6. The summed E-state index contributed by atoms with van der Waals surface area (Å²) in [6.07, 6.45) is 10.4. The molecule has 0 saturated heterocycles. The number of phenolic OH excluding ortho intramolecular Hbond substituents is 8. The summed E-state index contributed by atoms with van der Waals surface area (Å²) < 4.78 is 0. The molecule has 4 aromatic carbocycles. The molecular formula is C44H48O8. The molecule has 0 unspecified atom stereocenters. The van der Waals surface area contributed by atoms with Crippen LogP contribution >= 0.6 is 0 Å². The number of hydrogen-bond acceptors (Lipinski definition) is 8. The monoisotopic (exact) mass is 704 g/mol. The summed E-state index contributed by atoms with van der Waals surface area (Å²) in [6.45, 7) is 15.5. The summed E-state index contributed by atoms with van der Waals surface area (Å²) in [5, 5.41) is 91.4. The second-order valence-corrected chi connectivity index (χ2v) is 13.6. The normalized spacial score (nSPS) is 18.0. The highest BCUT2D eigenvalue weighted by Crippen LogP contribution is 2.52. The Balaban J connectivity index is 1.97. The van der Waals surface area contributed by atoms with Crippen LogP contribution in [0, 0.1) is 0 Å². The second kappa shape index (κ2) is 16.1. The lowest BCUT2D eigenvalue weighted by Gasteiger charge is -2.29. The fourth-order valence-corrected chi connectivity index (χ4v) is 7.73. The predicted molar refractivity (Wildman–Crippen MR) is 204 cm³/mol. The fourth-order valence-electron chi connectivity index (χ4n) is 7.73. The number of phenols is 8. The van der Waals surface area contributed by atoms with E-state index in [0.29, 0.717) is 95.9 Å². The fraction of sp³-hybridized carbons (Fsp3) is 0.273. The molecule has 0 saturated carbocycles. The molecule has 8 bridgehead atoms. The van der Waals surface area contributed by atoms with Gasteiger partial charge >= 0.3 is 0 Å². The number of fused-ring (bicyclic) bond motifs is 8. The minimum Gasteiger partial charge on any atom is -0.508 e. The Morgan fingerprint density at radius 1 is 0.308 bits per heavy atom. The van der Waals surface area contributed by atoms with E-state index in [1.807, 2.05) is 0 Å². The molecule has 0 radical (unpaired) electrons. The molecule has 5 rings (SSSR count). The van der Waals surface area contributed by atoms with Crippen molar-refractivity contribution in [3.8, 4) is 46.0 Å². The number of benzene rings is 4. The summed E-state index contributed by atoms with van der Waals surface area (Å²) in [7, 11) is 0. The lowest BCUT2D eigenvalue weighted by molar-refractivity contribution is 0.422. The van der Waals surface area contributed by atoms with E-state index in [0.717, 1.165) is 0 Å². The van der Waals surface area contributed by atoms with Crippen molar-refractivity contribution in [2.75, 3.05) is 0 Å². The standard InChI is InChI=1S/C44H48O8/c1-5-9-13-25-29-17-31(39(47)21-37(29)45)26(14-10-6-2)33-19-35(43(51)23-41(33)49)28(16-12-8-4)36-20-34(42(50)24-44(36)52)27(15-11-7-3)32-18-30(25)38(46)22-40(32)48/h5-8,17-28,45-52H,1-4,9-16H2. The summed E-state index contributed by atoms with van der Waals surface area (Å²) >= 11 is 0. The third-order valence-electron chi connectivity index (χ3n) is 10.3. The maximum Gasteiger partial charge on any atom is 0.123 e. The number of hydrogen-bond donors (Lipinski definition) is 8. The van der Waals surface area contributed by atoms with Gasteiger partial charge in [-0.15, -0.1) is 26.3 Å². The highest BCUT2D eigenvalue weighted by atomic mass is 16.3. The molecule has 8 heteroatoms. The number of aromatic hydroxyl groups is 8. The molecule has 0 fully saturated rings. The molecule has 1 aliphatic rings. The van der Waals surface area contributed by atoms with Gasteiger partial charge in [-0.05, 0) is 75.6 Å². The van der Waals surface area contributed by atoms with Gasteiger partial charge < -0.3 is 40.9 Å². The topological polar surface area (TPSA) is 162 Å². The van der Waals surface area contributed by atoms with Gasteiger partial charge in [0.15, 0.2) is 0 Å². The zero-order valence-electron chi connectivity index (χ0n) is 29.3. The van der Waals surface area contributed by atoms with Crippen molar-refractivity contribution in [2.45, 2.75) is 75.0 Å². The number of allylic oxidation sites excluding steroid dienone is 4. The van der Waals surface area contributed by atoms with Gasteiger partial charge in [-0.2, -0.15) is 0 Å². The summed E-state index contributed by atoms with van der Waals surface area (Å²) in [5.41, 5.74) is 3.20. The molecule has 0 atom stereocenters. The van der Waals surface area contributed by atoms with Gasteiger partial charge in [0.25, 0.3) is 0 Å². The summed E-state index contributed by atoms with van der Waals surface area (Å²) in [6, 6.07) is 11.8. The van der Waals surface area contributed by atoms with Crippen LogP contribution in [-0.4, -0.2) is 40.9 Å². The highest BCUT2D eigenvalue weighted by molar-refractivity contribution is 5.62. The first-order chi connectivity index (χ1) is 24.9. The van der Waals surface area contributed by atoms with Crippen molar-refractivity contribution >= 4 is 0 Å². The van der Waals surface area contributed by atoms with Gasteiger partial charge in [0.05, 0.1) is 0 Å². The van der Waals surface area contributed by atoms with Crippen LogP contribution in [0.3, 0.4) is 0 Å². The average Bonchev–Trinajstić information content (AvgIpc) is 3.09. The maximum atomic E-state index is 11.4. The zero-order valence-corrected chi connectivity index (χ0v) is 29.3. The van der Waals surface area contributed by atoms with Gasteiger partial charge in [0, 0.05) is 92.4 Å². The molecule has 4 aromatic rings.